The van der Waals surface area contributed by atoms with E-state index < -0.39 is 5.97 Å². The molecule has 1 aromatic rings. The molecule has 4 heteroatoms. The number of aromatic carboxylic acids is 1. The van der Waals surface area contributed by atoms with Crippen LogP contribution in [0.15, 0.2) is 10.5 Å². The van der Waals surface area contributed by atoms with Gasteiger partial charge in [-0.3, -0.25) is 0 Å². The van der Waals surface area contributed by atoms with Crippen molar-refractivity contribution in [3.8, 4) is 0 Å². The second kappa shape index (κ2) is 5.70. The van der Waals surface area contributed by atoms with Crippen LogP contribution in [-0.4, -0.2) is 17.2 Å². The first kappa shape index (κ1) is 12.8. The van der Waals surface area contributed by atoms with Crippen molar-refractivity contribution in [2.45, 2.75) is 46.3 Å². The fourth-order valence-corrected chi connectivity index (χ4v) is 1.54. The third-order valence-electron chi connectivity index (χ3n) is 2.40. The molecule has 1 atom stereocenters. The first-order chi connectivity index (χ1) is 7.54. The van der Waals surface area contributed by atoms with Crippen LogP contribution in [0.3, 0.4) is 0 Å². The van der Waals surface area contributed by atoms with E-state index in [0.29, 0.717) is 18.1 Å². The number of hydrogen-bond donors (Lipinski definition) is 1. The molecule has 0 fully saturated rings. The standard InChI is InChI=1S/C12H18O4/c1-4-5-8(2)15-7-10-6-11(12(13)14)9(3)16-10/h6,8H,4-5,7H2,1-3H3,(H,13,14). The second-order valence-corrected chi connectivity index (χ2v) is 3.90. The van der Waals surface area contributed by atoms with E-state index in [9.17, 15) is 4.79 Å². The average molecular weight is 226 g/mol. The van der Waals surface area contributed by atoms with Crippen LogP contribution in [0.1, 0.15) is 48.6 Å². The zero-order valence-corrected chi connectivity index (χ0v) is 9.95. The fraction of sp³-hybridized carbons (Fsp3) is 0.583. The highest BCUT2D eigenvalue weighted by molar-refractivity contribution is 5.88. The monoisotopic (exact) mass is 226 g/mol. The number of carboxylic acids is 1. The van der Waals surface area contributed by atoms with E-state index >= 15 is 0 Å². The molecule has 16 heavy (non-hydrogen) atoms. The van der Waals surface area contributed by atoms with Crippen molar-refractivity contribution in [3.05, 3.63) is 23.2 Å². The van der Waals surface area contributed by atoms with E-state index in [-0.39, 0.29) is 11.7 Å². The SMILES string of the molecule is CCCC(C)OCc1cc(C(=O)O)c(C)o1. The molecule has 1 rings (SSSR count). The Bertz CT molecular complexity index is 354. The number of carboxylic acid groups (broad SMARTS) is 1. The minimum atomic E-state index is -0.964. The summed E-state index contributed by atoms with van der Waals surface area (Å²) in [7, 11) is 0. The Morgan fingerprint density at radius 1 is 1.62 bits per heavy atom. The smallest absolute Gasteiger partial charge is 0.339 e. The van der Waals surface area contributed by atoms with Crippen molar-refractivity contribution < 1.29 is 19.1 Å². The maximum absolute atomic E-state index is 10.8. The normalized spacial score (nSPS) is 12.7. The first-order valence-corrected chi connectivity index (χ1v) is 5.48. The van der Waals surface area contributed by atoms with E-state index in [2.05, 4.69) is 6.92 Å². The molecule has 0 amide bonds. The molecule has 1 heterocycles. The lowest BCUT2D eigenvalue weighted by Crippen LogP contribution is -2.06. The highest BCUT2D eigenvalue weighted by Gasteiger charge is 2.14. The Hall–Kier alpha value is -1.29. The second-order valence-electron chi connectivity index (χ2n) is 3.90. The van der Waals surface area contributed by atoms with E-state index in [4.69, 9.17) is 14.3 Å². The molecule has 1 unspecified atom stereocenters. The number of hydrogen-bond acceptors (Lipinski definition) is 3. The van der Waals surface area contributed by atoms with Gasteiger partial charge < -0.3 is 14.3 Å². The summed E-state index contributed by atoms with van der Waals surface area (Å²) in [5.41, 5.74) is 0.210. The quantitative estimate of drug-likeness (QED) is 0.810. The van der Waals surface area contributed by atoms with Gasteiger partial charge in [-0.2, -0.15) is 0 Å². The van der Waals surface area contributed by atoms with Gasteiger partial charge in [0.25, 0.3) is 0 Å². The third kappa shape index (κ3) is 3.38. The Kier molecular flexibility index (Phi) is 4.55. The summed E-state index contributed by atoms with van der Waals surface area (Å²) in [6, 6.07) is 1.52. The predicted molar refractivity (Wildman–Crippen MR) is 59.6 cm³/mol. The molecule has 0 spiro atoms. The number of aryl methyl sites for hydroxylation is 1. The topological polar surface area (TPSA) is 59.7 Å². The first-order valence-electron chi connectivity index (χ1n) is 5.48. The van der Waals surface area contributed by atoms with E-state index in [0.717, 1.165) is 12.8 Å². The van der Waals surface area contributed by atoms with Gasteiger partial charge >= 0.3 is 5.97 Å². The van der Waals surface area contributed by atoms with Crippen molar-refractivity contribution in [2.24, 2.45) is 0 Å². The van der Waals surface area contributed by atoms with Crippen molar-refractivity contribution in [1.82, 2.24) is 0 Å². The van der Waals surface area contributed by atoms with E-state index in [1.807, 2.05) is 6.92 Å². The minimum Gasteiger partial charge on any atom is -0.478 e. The van der Waals surface area contributed by atoms with Gasteiger partial charge in [0.2, 0.25) is 0 Å². The van der Waals surface area contributed by atoms with Crippen molar-refractivity contribution in [3.63, 3.8) is 0 Å². The van der Waals surface area contributed by atoms with Gasteiger partial charge in [-0.25, -0.2) is 4.79 Å². The van der Waals surface area contributed by atoms with Crippen molar-refractivity contribution >= 4 is 5.97 Å². The molecule has 0 aliphatic heterocycles. The number of furan rings is 1. The summed E-state index contributed by atoms with van der Waals surface area (Å²) in [4.78, 5) is 10.8. The molecule has 1 N–H and O–H groups in total. The van der Waals surface area contributed by atoms with Gasteiger partial charge in [-0.1, -0.05) is 13.3 Å². The molecule has 0 saturated heterocycles. The molecule has 0 aliphatic carbocycles. The molecule has 0 aliphatic rings. The molecule has 0 radical (unpaired) electrons. The van der Waals surface area contributed by atoms with Crippen LogP contribution in [0.4, 0.5) is 0 Å². The van der Waals surface area contributed by atoms with Gasteiger partial charge in [0.15, 0.2) is 0 Å². The zero-order chi connectivity index (χ0) is 12.1. The largest absolute Gasteiger partial charge is 0.478 e. The van der Waals surface area contributed by atoms with E-state index in [1.54, 1.807) is 6.92 Å². The molecule has 90 valence electrons. The van der Waals surface area contributed by atoms with Crippen LogP contribution in [0.2, 0.25) is 0 Å². The predicted octanol–water partition coefficient (Wildman–Crippen LogP) is 2.99. The number of ether oxygens (including phenoxy) is 1. The summed E-state index contributed by atoms with van der Waals surface area (Å²) in [5.74, 6) is 0.0289. The molecule has 1 aromatic heterocycles. The van der Waals surface area contributed by atoms with Gasteiger partial charge in [-0.15, -0.1) is 0 Å². The van der Waals surface area contributed by atoms with Crippen LogP contribution in [0.25, 0.3) is 0 Å². The van der Waals surface area contributed by atoms with Crippen molar-refractivity contribution in [1.29, 1.82) is 0 Å². The maximum Gasteiger partial charge on any atom is 0.339 e. The third-order valence-corrected chi connectivity index (χ3v) is 2.40. The molecule has 0 bridgehead atoms. The minimum absolute atomic E-state index is 0.170. The van der Waals surface area contributed by atoms with Crippen LogP contribution in [0.5, 0.6) is 0 Å². The molecule has 4 nitrogen and oxygen atoms in total. The Morgan fingerprint density at radius 3 is 2.81 bits per heavy atom. The van der Waals surface area contributed by atoms with E-state index in [1.165, 1.54) is 6.07 Å². The summed E-state index contributed by atoms with van der Waals surface area (Å²) < 4.78 is 10.8. The lowest BCUT2D eigenvalue weighted by molar-refractivity contribution is 0.0369. The van der Waals surface area contributed by atoms with Gasteiger partial charge in [0.05, 0.1) is 6.10 Å². The summed E-state index contributed by atoms with van der Waals surface area (Å²) >= 11 is 0. The highest BCUT2D eigenvalue weighted by Crippen LogP contribution is 2.16. The lowest BCUT2D eigenvalue weighted by Gasteiger charge is -2.09. The molecule has 0 aromatic carbocycles. The average Bonchev–Trinajstić information content (AvgIpc) is 2.57. The number of carbonyl (C=O) groups is 1. The Labute approximate surface area is 95.2 Å². The summed E-state index contributed by atoms with van der Waals surface area (Å²) in [6.45, 7) is 6.06. The Balaban J connectivity index is 2.55. The zero-order valence-electron chi connectivity index (χ0n) is 9.95. The number of rotatable bonds is 6. The Morgan fingerprint density at radius 2 is 2.31 bits per heavy atom. The molecular formula is C12H18O4. The summed E-state index contributed by atoms with van der Waals surface area (Å²) in [6.07, 6.45) is 2.23. The lowest BCUT2D eigenvalue weighted by atomic mass is 10.2. The van der Waals surface area contributed by atoms with Crippen LogP contribution in [-0.2, 0) is 11.3 Å². The van der Waals surface area contributed by atoms with Gasteiger partial charge in [-0.05, 0) is 26.3 Å². The summed E-state index contributed by atoms with van der Waals surface area (Å²) in [5, 5.41) is 8.84. The van der Waals surface area contributed by atoms with Crippen LogP contribution in [0, 0.1) is 6.92 Å². The van der Waals surface area contributed by atoms with Crippen LogP contribution < -0.4 is 0 Å². The van der Waals surface area contributed by atoms with Crippen LogP contribution >= 0.6 is 0 Å². The van der Waals surface area contributed by atoms with Gasteiger partial charge in [0.1, 0.15) is 23.7 Å². The molecule has 0 saturated carbocycles. The fourth-order valence-electron chi connectivity index (χ4n) is 1.54. The molecular weight excluding hydrogens is 208 g/mol. The van der Waals surface area contributed by atoms with Crippen molar-refractivity contribution in [2.75, 3.05) is 0 Å². The van der Waals surface area contributed by atoms with Gasteiger partial charge in [0, 0.05) is 0 Å². The highest BCUT2D eigenvalue weighted by atomic mass is 16.5. The maximum atomic E-state index is 10.8.